The summed E-state index contributed by atoms with van der Waals surface area (Å²) in [5.74, 6) is 0.532. The molecule has 0 saturated carbocycles. The van der Waals surface area contributed by atoms with E-state index in [0.29, 0.717) is 28.4 Å². The molecule has 1 amide bonds. The van der Waals surface area contributed by atoms with Crippen LogP contribution in [0.15, 0.2) is 54.6 Å². The Morgan fingerprint density at radius 3 is 2.85 bits per heavy atom. The first-order valence-corrected chi connectivity index (χ1v) is 12.0. The van der Waals surface area contributed by atoms with Crippen molar-refractivity contribution in [1.29, 1.82) is 5.26 Å². The first-order valence-electron chi connectivity index (χ1n) is 11.2. The van der Waals surface area contributed by atoms with Crippen LogP contribution in [-0.4, -0.2) is 17.5 Å². The molecule has 4 aromatic rings. The molecular weight excluding hydrogens is 430 g/mol. The Balaban J connectivity index is 1.57. The number of thiophene rings is 1. The summed E-state index contributed by atoms with van der Waals surface area (Å²) < 4.78 is 5.64. The fraction of sp³-hybridized carbons (Fsp3) is 0.222. The zero-order valence-electron chi connectivity index (χ0n) is 18.4. The molecule has 2 aromatic heterocycles. The molecule has 33 heavy (non-hydrogen) atoms. The van der Waals surface area contributed by atoms with Gasteiger partial charge in [0.05, 0.1) is 28.9 Å². The quantitative estimate of drug-likeness (QED) is 0.381. The molecule has 0 aliphatic heterocycles. The van der Waals surface area contributed by atoms with Crippen molar-refractivity contribution in [1.82, 2.24) is 4.98 Å². The number of aromatic nitrogens is 1. The standard InChI is InChI=1S/C27H23N3O2S/c1-2-32-18-9-7-8-17(14-18)24-15-21(19-10-3-5-12-23(19)29-24)26(31)30-27-22(16-28)20-11-4-6-13-25(20)33-27/h3,5,7-10,12,14-15H,2,4,6,11,13H2,1H3,(H,30,31). The highest BCUT2D eigenvalue weighted by atomic mass is 32.1. The van der Waals surface area contributed by atoms with Crippen LogP contribution in [0.4, 0.5) is 5.00 Å². The van der Waals surface area contributed by atoms with Crippen molar-refractivity contribution < 1.29 is 9.53 Å². The summed E-state index contributed by atoms with van der Waals surface area (Å²) in [5, 5.41) is 14.2. The summed E-state index contributed by atoms with van der Waals surface area (Å²) in [6.45, 7) is 2.52. The van der Waals surface area contributed by atoms with Gasteiger partial charge in [-0.15, -0.1) is 11.3 Å². The largest absolute Gasteiger partial charge is 0.494 e. The number of amides is 1. The van der Waals surface area contributed by atoms with Gasteiger partial charge in [-0.05, 0) is 62.4 Å². The van der Waals surface area contributed by atoms with Crippen LogP contribution in [0.1, 0.15) is 46.1 Å². The molecule has 0 fully saturated rings. The fourth-order valence-electron chi connectivity index (χ4n) is 4.37. The van der Waals surface area contributed by atoms with E-state index in [1.165, 1.54) is 16.2 Å². The Morgan fingerprint density at radius 2 is 2.00 bits per heavy atom. The number of carbonyl (C=O) groups is 1. The summed E-state index contributed by atoms with van der Waals surface area (Å²) in [6, 6.07) is 19.5. The minimum atomic E-state index is -0.231. The molecular formula is C27H23N3O2S. The first kappa shape index (κ1) is 21.2. The van der Waals surface area contributed by atoms with Gasteiger partial charge in [-0.1, -0.05) is 30.3 Å². The molecule has 1 aliphatic rings. The van der Waals surface area contributed by atoms with E-state index in [4.69, 9.17) is 9.72 Å². The van der Waals surface area contributed by atoms with Gasteiger partial charge < -0.3 is 10.1 Å². The molecule has 164 valence electrons. The Bertz CT molecular complexity index is 1400. The van der Waals surface area contributed by atoms with E-state index in [-0.39, 0.29) is 5.91 Å². The maximum Gasteiger partial charge on any atom is 0.257 e. The summed E-state index contributed by atoms with van der Waals surface area (Å²) >= 11 is 1.54. The summed E-state index contributed by atoms with van der Waals surface area (Å²) in [7, 11) is 0. The number of carbonyl (C=O) groups excluding carboxylic acids is 1. The molecule has 6 heteroatoms. The van der Waals surface area contributed by atoms with Crippen LogP contribution in [0.3, 0.4) is 0 Å². The second-order valence-electron chi connectivity index (χ2n) is 8.01. The minimum Gasteiger partial charge on any atom is -0.494 e. The molecule has 0 atom stereocenters. The van der Waals surface area contributed by atoms with Crippen LogP contribution in [0.2, 0.25) is 0 Å². The fourth-order valence-corrected chi connectivity index (χ4v) is 5.60. The van der Waals surface area contributed by atoms with Crippen LogP contribution in [0.25, 0.3) is 22.2 Å². The molecule has 5 nitrogen and oxygen atoms in total. The van der Waals surface area contributed by atoms with Gasteiger partial charge in [-0.25, -0.2) is 4.98 Å². The number of anilines is 1. The number of fused-ring (bicyclic) bond motifs is 2. The zero-order valence-corrected chi connectivity index (χ0v) is 19.2. The van der Waals surface area contributed by atoms with Crippen LogP contribution in [0, 0.1) is 11.3 Å². The van der Waals surface area contributed by atoms with E-state index >= 15 is 0 Å². The molecule has 0 saturated heterocycles. The normalized spacial score (nSPS) is 12.7. The van der Waals surface area contributed by atoms with E-state index < -0.39 is 0 Å². The van der Waals surface area contributed by atoms with Crippen molar-refractivity contribution in [2.24, 2.45) is 0 Å². The van der Waals surface area contributed by atoms with Gasteiger partial charge in [0.1, 0.15) is 16.8 Å². The Morgan fingerprint density at radius 1 is 1.15 bits per heavy atom. The van der Waals surface area contributed by atoms with Crippen molar-refractivity contribution in [2.75, 3.05) is 11.9 Å². The lowest BCUT2D eigenvalue weighted by Gasteiger charge is -2.11. The number of benzene rings is 2. The van der Waals surface area contributed by atoms with Crippen LogP contribution in [0.5, 0.6) is 5.75 Å². The Hall–Kier alpha value is -3.69. The van der Waals surface area contributed by atoms with Gasteiger partial charge in [-0.2, -0.15) is 5.26 Å². The zero-order chi connectivity index (χ0) is 22.8. The van der Waals surface area contributed by atoms with Gasteiger partial charge >= 0.3 is 0 Å². The number of nitrogens with zero attached hydrogens (tertiary/aromatic N) is 2. The van der Waals surface area contributed by atoms with E-state index in [1.54, 1.807) is 0 Å². The van der Waals surface area contributed by atoms with Gasteiger partial charge in [-0.3, -0.25) is 4.79 Å². The summed E-state index contributed by atoms with van der Waals surface area (Å²) in [6.07, 6.45) is 4.10. The molecule has 2 aromatic carbocycles. The van der Waals surface area contributed by atoms with Crippen molar-refractivity contribution in [3.05, 3.63) is 76.2 Å². The molecule has 1 aliphatic carbocycles. The molecule has 0 unspecified atom stereocenters. The maximum atomic E-state index is 13.5. The van der Waals surface area contributed by atoms with Crippen molar-refractivity contribution >= 4 is 33.1 Å². The summed E-state index contributed by atoms with van der Waals surface area (Å²) in [4.78, 5) is 19.5. The number of rotatable bonds is 5. The predicted octanol–water partition coefficient (Wildman–Crippen LogP) is 6.36. The average molecular weight is 454 g/mol. The number of nitriles is 1. The number of nitrogens with one attached hydrogen (secondary N) is 1. The second-order valence-corrected chi connectivity index (χ2v) is 9.12. The number of hydrogen-bond acceptors (Lipinski definition) is 5. The third kappa shape index (κ3) is 4.08. The minimum absolute atomic E-state index is 0.231. The Kier molecular flexibility index (Phi) is 5.80. The van der Waals surface area contributed by atoms with Crippen LogP contribution < -0.4 is 10.1 Å². The molecule has 0 bridgehead atoms. The van der Waals surface area contributed by atoms with E-state index in [0.717, 1.165) is 53.5 Å². The van der Waals surface area contributed by atoms with E-state index in [2.05, 4.69) is 11.4 Å². The number of aryl methyl sites for hydroxylation is 1. The monoisotopic (exact) mass is 453 g/mol. The lowest BCUT2D eigenvalue weighted by molar-refractivity contribution is 0.102. The number of ether oxygens (including phenoxy) is 1. The smallest absolute Gasteiger partial charge is 0.257 e. The highest BCUT2D eigenvalue weighted by Gasteiger charge is 2.23. The third-order valence-corrected chi connectivity index (χ3v) is 7.12. The average Bonchev–Trinajstić information content (AvgIpc) is 3.20. The lowest BCUT2D eigenvalue weighted by atomic mass is 9.96. The van der Waals surface area contributed by atoms with E-state index in [9.17, 15) is 10.1 Å². The molecule has 1 N–H and O–H groups in total. The van der Waals surface area contributed by atoms with Crippen LogP contribution >= 0.6 is 11.3 Å². The molecule has 0 radical (unpaired) electrons. The second kappa shape index (κ2) is 9.05. The van der Waals surface area contributed by atoms with Crippen molar-refractivity contribution in [3.8, 4) is 23.1 Å². The molecule has 5 rings (SSSR count). The highest BCUT2D eigenvalue weighted by Crippen LogP contribution is 2.38. The van der Waals surface area contributed by atoms with Gasteiger partial charge in [0.25, 0.3) is 5.91 Å². The van der Waals surface area contributed by atoms with Gasteiger partial charge in [0.15, 0.2) is 0 Å². The molecule has 2 heterocycles. The van der Waals surface area contributed by atoms with Gasteiger partial charge in [0, 0.05) is 15.8 Å². The van der Waals surface area contributed by atoms with Crippen molar-refractivity contribution in [3.63, 3.8) is 0 Å². The van der Waals surface area contributed by atoms with Gasteiger partial charge in [0.2, 0.25) is 0 Å². The number of pyridine rings is 1. The third-order valence-electron chi connectivity index (χ3n) is 5.91. The lowest BCUT2D eigenvalue weighted by Crippen LogP contribution is -2.13. The number of para-hydroxylation sites is 1. The molecule has 0 spiro atoms. The predicted molar refractivity (Wildman–Crippen MR) is 132 cm³/mol. The van der Waals surface area contributed by atoms with Crippen molar-refractivity contribution in [2.45, 2.75) is 32.6 Å². The summed E-state index contributed by atoms with van der Waals surface area (Å²) in [5.41, 5.74) is 4.58. The Labute approximate surface area is 196 Å². The maximum absolute atomic E-state index is 13.5. The first-order chi connectivity index (χ1) is 16.2. The SMILES string of the molecule is CCOc1cccc(-c2cc(C(=O)Nc3sc4c(c3C#N)CCCC4)c3ccccc3n2)c1. The topological polar surface area (TPSA) is 75.0 Å². The highest BCUT2D eigenvalue weighted by molar-refractivity contribution is 7.16. The van der Waals surface area contributed by atoms with Crippen LogP contribution in [-0.2, 0) is 12.8 Å². The van der Waals surface area contributed by atoms with E-state index in [1.807, 2.05) is 61.5 Å². The number of hydrogen-bond donors (Lipinski definition) is 1.